The molecule has 0 saturated carbocycles. The summed E-state index contributed by atoms with van der Waals surface area (Å²) in [5, 5.41) is 24.4. The van der Waals surface area contributed by atoms with Crippen molar-refractivity contribution in [2.24, 2.45) is 5.41 Å². The minimum absolute atomic E-state index is 0.0301. The van der Waals surface area contributed by atoms with Gasteiger partial charge in [-0.05, 0) is 148 Å². The van der Waals surface area contributed by atoms with E-state index in [0.717, 1.165) is 55.2 Å². The fourth-order valence-corrected chi connectivity index (χ4v) is 15.0. The average Bonchev–Trinajstić information content (AvgIpc) is 3.84. The number of likely N-dealkylation sites (tertiary alicyclic amines) is 1. The Morgan fingerprint density at radius 3 is 1.74 bits per heavy atom. The summed E-state index contributed by atoms with van der Waals surface area (Å²) in [6, 6.07) is 24.4. The molecule has 0 spiro atoms. The maximum atomic E-state index is 14.8. The molecule has 2 heterocycles. The van der Waals surface area contributed by atoms with Crippen molar-refractivity contribution >= 4 is 61.0 Å². The number of anilines is 1. The minimum atomic E-state index is -2.03. The fraction of sp³-hybridized carbons (Fsp3) is 0.492. The van der Waals surface area contributed by atoms with E-state index in [1.165, 1.54) is 16.0 Å². The molecular formula is C63H84N10O8Si. The van der Waals surface area contributed by atoms with Gasteiger partial charge in [0.15, 0.2) is 0 Å². The van der Waals surface area contributed by atoms with Crippen molar-refractivity contribution < 1.29 is 38.4 Å². The molecule has 19 heteroatoms. The maximum absolute atomic E-state index is 14.8. The molecule has 4 aliphatic rings. The molecule has 0 radical (unpaired) electrons. The molecule has 2 saturated heterocycles. The number of nitrogens with one attached hydrogen (secondary N) is 8. The largest absolute Gasteiger partial charge is 0.348 e. The van der Waals surface area contributed by atoms with Gasteiger partial charge < -0.3 is 52.3 Å². The predicted octanol–water partition coefficient (Wildman–Crippen LogP) is 5.65. The SMILES string of the molecule is CCC(NC)C(=O)NC(Cc1ccc(NC(=O)c2ccc(C(=O)N[C@H]3C[C@@H](C(=O)N[C@@H]4CCCc5ccccc54)N(C(=O)C(NC(=O)C(C)NC)C(C)(C)C)C3)cc2)cc1)C(=O)N1C[Si](C)(C)CC1C(=O)N[C@@H]1CCCc2ccccc21. The maximum Gasteiger partial charge on any atom is 0.255 e. The molecule has 9 atom stereocenters. The number of nitrogens with zero attached hydrogens (tertiary/aromatic N) is 2. The molecule has 82 heavy (non-hydrogen) atoms. The van der Waals surface area contributed by atoms with E-state index in [0.29, 0.717) is 24.3 Å². The van der Waals surface area contributed by atoms with Gasteiger partial charge in [0.2, 0.25) is 35.4 Å². The molecular weight excluding hydrogens is 1050 g/mol. The first-order valence-corrected chi connectivity index (χ1v) is 32.6. The normalized spacial score (nSPS) is 21.5. The lowest BCUT2D eigenvalue weighted by molar-refractivity contribution is -0.144. The Balaban J connectivity index is 0.920. The Kier molecular flexibility index (Phi) is 19.6. The lowest BCUT2D eigenvalue weighted by Gasteiger charge is -2.36. The number of carbonyl (C=O) groups is 8. The topological polar surface area (TPSA) is 239 Å². The summed E-state index contributed by atoms with van der Waals surface area (Å²) < 4.78 is 0. The average molecular weight is 1140 g/mol. The van der Waals surface area contributed by atoms with Gasteiger partial charge in [-0.1, -0.05) is 101 Å². The van der Waals surface area contributed by atoms with E-state index in [-0.39, 0.29) is 72.1 Å². The van der Waals surface area contributed by atoms with Crippen LogP contribution in [0.25, 0.3) is 0 Å². The Labute approximate surface area is 483 Å². The van der Waals surface area contributed by atoms with Gasteiger partial charge in [0.1, 0.15) is 24.2 Å². The third-order valence-corrected chi connectivity index (χ3v) is 19.6. The Morgan fingerprint density at radius 2 is 1.20 bits per heavy atom. The minimum Gasteiger partial charge on any atom is -0.348 e. The van der Waals surface area contributed by atoms with Crippen molar-refractivity contribution in [2.75, 3.05) is 32.1 Å². The van der Waals surface area contributed by atoms with Gasteiger partial charge in [0.25, 0.3) is 11.8 Å². The highest BCUT2D eigenvalue weighted by molar-refractivity contribution is 6.79. The van der Waals surface area contributed by atoms with Gasteiger partial charge in [-0.25, -0.2) is 0 Å². The van der Waals surface area contributed by atoms with Gasteiger partial charge in [-0.15, -0.1) is 0 Å². The zero-order valence-corrected chi connectivity index (χ0v) is 50.1. The molecule has 5 unspecified atom stereocenters. The molecule has 18 nitrogen and oxygen atoms in total. The lowest BCUT2D eigenvalue weighted by atomic mass is 9.85. The molecule has 4 aromatic carbocycles. The molecule has 2 aliphatic heterocycles. The quantitative estimate of drug-likeness (QED) is 0.0537. The molecule has 0 aromatic heterocycles. The van der Waals surface area contributed by atoms with E-state index >= 15 is 0 Å². The van der Waals surface area contributed by atoms with Gasteiger partial charge in [-0.2, -0.15) is 0 Å². The number of carbonyl (C=O) groups excluding carboxylic acids is 8. The number of fused-ring (bicyclic) bond motifs is 2. The summed E-state index contributed by atoms with van der Waals surface area (Å²) in [7, 11) is 1.33. The number of likely N-dealkylation sites (N-methyl/N-ethyl adjacent to an activating group) is 2. The second-order valence-corrected chi connectivity index (χ2v) is 29.7. The van der Waals surface area contributed by atoms with E-state index in [4.69, 9.17) is 0 Å². The molecule has 8 amide bonds. The van der Waals surface area contributed by atoms with Crippen LogP contribution in [0.2, 0.25) is 19.1 Å². The second kappa shape index (κ2) is 26.3. The summed E-state index contributed by atoms with van der Waals surface area (Å²) in [4.78, 5) is 116. The molecule has 4 aromatic rings. The summed E-state index contributed by atoms with van der Waals surface area (Å²) in [6.07, 6.45) is 6.58. The third kappa shape index (κ3) is 14.5. The highest BCUT2D eigenvalue weighted by Crippen LogP contribution is 2.34. The smallest absolute Gasteiger partial charge is 0.255 e. The standard InChI is InChI=1S/C63H84N10O8Si/c1-10-48(65-7)58(77)70-51(61(80)73-37-82(8,9)36-53(73)60(79)69-50-24-16-20-41-18-12-14-22-47(41)50)33-39-25-31-44(32-26-39)66-56(75)42-27-29-43(30-28-42)57(76)67-45-34-52(59(78)68-49-23-15-19-40-17-11-13-21-46(40)49)72(35-45)62(81)54(63(3,4)5)71-55(74)38(2)64-6/h11-14,17-18,21-22,25-32,38,45,48-54,64-65H,10,15-16,19-20,23-24,33-37H2,1-9H3,(H,66,75)(H,67,76)(H,68,78)(H,69,79)(H,70,77)(H,71,74)/t38?,45-,48?,49+,50+,51?,52-,53?,54?/m0/s1. The van der Waals surface area contributed by atoms with E-state index in [2.05, 4.69) is 73.8 Å². The molecule has 438 valence electrons. The predicted molar refractivity (Wildman–Crippen MR) is 319 cm³/mol. The number of aryl methyl sites for hydroxylation is 2. The number of rotatable bonds is 19. The highest BCUT2D eigenvalue weighted by atomic mass is 28.3. The summed E-state index contributed by atoms with van der Waals surface area (Å²) in [6.45, 7) is 13.6. The first-order valence-electron chi connectivity index (χ1n) is 29.2. The van der Waals surface area contributed by atoms with Crippen LogP contribution in [-0.2, 0) is 48.0 Å². The van der Waals surface area contributed by atoms with Crippen molar-refractivity contribution in [2.45, 2.75) is 166 Å². The van der Waals surface area contributed by atoms with Crippen LogP contribution in [-0.4, -0.2) is 134 Å². The van der Waals surface area contributed by atoms with E-state index < -0.39 is 73.5 Å². The van der Waals surface area contributed by atoms with Crippen LogP contribution < -0.4 is 42.5 Å². The van der Waals surface area contributed by atoms with Crippen LogP contribution in [0.3, 0.4) is 0 Å². The molecule has 2 fully saturated rings. The van der Waals surface area contributed by atoms with Crippen LogP contribution in [0.5, 0.6) is 0 Å². The summed E-state index contributed by atoms with van der Waals surface area (Å²) in [5.74, 6) is -2.79. The van der Waals surface area contributed by atoms with E-state index in [1.54, 1.807) is 74.4 Å². The monoisotopic (exact) mass is 1140 g/mol. The Hall–Kier alpha value is -7.22. The van der Waals surface area contributed by atoms with Crippen molar-refractivity contribution in [3.8, 4) is 0 Å². The molecule has 8 rings (SSSR count). The lowest BCUT2D eigenvalue weighted by Crippen LogP contribution is -2.59. The first-order chi connectivity index (χ1) is 39.1. The summed E-state index contributed by atoms with van der Waals surface area (Å²) >= 11 is 0. The van der Waals surface area contributed by atoms with Gasteiger partial charge in [-0.3, -0.25) is 38.4 Å². The van der Waals surface area contributed by atoms with Crippen LogP contribution in [0.1, 0.15) is 134 Å². The second-order valence-electron chi connectivity index (χ2n) is 24.6. The number of benzene rings is 4. The Bertz CT molecular complexity index is 3000. The number of hydrogen-bond donors (Lipinski definition) is 8. The van der Waals surface area contributed by atoms with Crippen molar-refractivity contribution in [1.29, 1.82) is 0 Å². The van der Waals surface area contributed by atoms with Crippen molar-refractivity contribution in [1.82, 2.24) is 47.0 Å². The van der Waals surface area contributed by atoms with Gasteiger partial charge >= 0.3 is 0 Å². The van der Waals surface area contributed by atoms with Crippen LogP contribution in [0.15, 0.2) is 97.1 Å². The van der Waals surface area contributed by atoms with E-state index in [9.17, 15) is 38.4 Å². The van der Waals surface area contributed by atoms with E-state index in [1.807, 2.05) is 58.0 Å². The summed E-state index contributed by atoms with van der Waals surface area (Å²) in [5.41, 5.74) is 5.62. The van der Waals surface area contributed by atoms with Crippen LogP contribution >= 0.6 is 0 Å². The highest BCUT2D eigenvalue weighted by Gasteiger charge is 2.48. The fourth-order valence-electron chi connectivity index (χ4n) is 12.1. The molecule has 2 aliphatic carbocycles. The number of hydrogen-bond acceptors (Lipinski definition) is 10. The zero-order chi connectivity index (χ0) is 59.0. The Morgan fingerprint density at radius 1 is 0.634 bits per heavy atom. The molecule has 0 bridgehead atoms. The van der Waals surface area contributed by atoms with Gasteiger partial charge in [0, 0.05) is 42.0 Å². The van der Waals surface area contributed by atoms with Crippen LogP contribution in [0.4, 0.5) is 5.69 Å². The van der Waals surface area contributed by atoms with Crippen LogP contribution in [0, 0.1) is 5.41 Å². The van der Waals surface area contributed by atoms with Crippen molar-refractivity contribution in [3.05, 3.63) is 136 Å². The zero-order valence-electron chi connectivity index (χ0n) is 49.1. The van der Waals surface area contributed by atoms with Crippen molar-refractivity contribution in [3.63, 3.8) is 0 Å². The number of amides is 8. The third-order valence-electron chi connectivity index (χ3n) is 16.9. The van der Waals surface area contributed by atoms with Gasteiger partial charge in [0.05, 0.1) is 32.2 Å². The molecule has 8 N–H and O–H groups in total. The first kappa shape index (κ1) is 60.9.